The molecule has 1 aliphatic rings. The Bertz CT molecular complexity index is 679. The van der Waals surface area contributed by atoms with Crippen molar-refractivity contribution >= 4 is 41.7 Å². The Balaban J connectivity index is 2.17. The molecule has 19 heavy (non-hydrogen) atoms. The molecule has 0 spiro atoms. The average Bonchev–Trinajstić information content (AvgIpc) is 2.66. The lowest BCUT2D eigenvalue weighted by Gasteiger charge is -2.16. The largest absolute Gasteiger partial charge is 0.268 e. The normalized spacial score (nSPS) is 13.9. The van der Waals surface area contributed by atoms with E-state index in [9.17, 15) is 9.59 Å². The predicted octanol–water partition coefficient (Wildman–Crippen LogP) is 3.43. The van der Waals surface area contributed by atoms with Crippen LogP contribution in [0.2, 0.25) is 5.02 Å². The Morgan fingerprint density at radius 1 is 0.947 bits per heavy atom. The van der Waals surface area contributed by atoms with Crippen LogP contribution in [0.4, 0.5) is 5.69 Å². The van der Waals surface area contributed by atoms with Gasteiger partial charge in [0.2, 0.25) is 0 Å². The summed E-state index contributed by atoms with van der Waals surface area (Å²) in [7, 11) is 0. The number of amides is 2. The average molecular weight is 290 g/mol. The summed E-state index contributed by atoms with van der Waals surface area (Å²) < 4.78 is 0. The number of hydrogen-bond donors (Lipinski definition) is 1. The summed E-state index contributed by atoms with van der Waals surface area (Å²) in [4.78, 5) is 26.2. The third-order valence-corrected chi connectivity index (χ3v) is 3.59. The van der Waals surface area contributed by atoms with E-state index in [0.29, 0.717) is 26.7 Å². The first kappa shape index (κ1) is 12.3. The van der Waals surface area contributed by atoms with Crippen molar-refractivity contribution in [1.82, 2.24) is 0 Å². The Morgan fingerprint density at radius 2 is 1.53 bits per heavy atom. The maximum atomic E-state index is 12.3. The topological polar surface area (TPSA) is 37.4 Å². The van der Waals surface area contributed by atoms with Crippen LogP contribution >= 0.6 is 24.2 Å². The van der Waals surface area contributed by atoms with Crippen molar-refractivity contribution < 1.29 is 9.59 Å². The van der Waals surface area contributed by atoms with E-state index in [1.807, 2.05) is 0 Å². The molecule has 0 saturated carbocycles. The van der Waals surface area contributed by atoms with Crippen LogP contribution in [-0.2, 0) is 0 Å². The number of thiol groups is 1. The van der Waals surface area contributed by atoms with Gasteiger partial charge in [-0.1, -0.05) is 23.7 Å². The highest BCUT2D eigenvalue weighted by Crippen LogP contribution is 2.33. The minimum atomic E-state index is -0.349. The van der Waals surface area contributed by atoms with Gasteiger partial charge in [0.25, 0.3) is 11.8 Å². The van der Waals surface area contributed by atoms with E-state index in [-0.39, 0.29) is 11.8 Å². The number of halogens is 1. The van der Waals surface area contributed by atoms with Gasteiger partial charge in [0.1, 0.15) is 0 Å². The molecule has 94 valence electrons. The Morgan fingerprint density at radius 3 is 2.11 bits per heavy atom. The van der Waals surface area contributed by atoms with Crippen molar-refractivity contribution in [1.29, 1.82) is 0 Å². The summed E-state index contributed by atoms with van der Waals surface area (Å²) >= 11 is 10.2. The molecule has 1 aliphatic heterocycles. The molecule has 0 radical (unpaired) electrons. The Labute approximate surface area is 120 Å². The zero-order chi connectivity index (χ0) is 13.6. The van der Waals surface area contributed by atoms with Crippen LogP contribution in [0.15, 0.2) is 47.4 Å². The van der Waals surface area contributed by atoms with E-state index in [1.165, 1.54) is 0 Å². The van der Waals surface area contributed by atoms with E-state index < -0.39 is 0 Å². The monoisotopic (exact) mass is 289 g/mol. The van der Waals surface area contributed by atoms with Gasteiger partial charge in [0.05, 0.1) is 16.8 Å². The van der Waals surface area contributed by atoms with E-state index in [1.54, 1.807) is 42.5 Å². The van der Waals surface area contributed by atoms with Crippen LogP contribution in [0.5, 0.6) is 0 Å². The van der Waals surface area contributed by atoms with Crippen molar-refractivity contribution in [2.45, 2.75) is 4.90 Å². The highest BCUT2D eigenvalue weighted by Gasteiger charge is 2.37. The molecule has 0 fully saturated rings. The zero-order valence-electron chi connectivity index (χ0n) is 9.63. The van der Waals surface area contributed by atoms with Crippen molar-refractivity contribution in [2.75, 3.05) is 4.90 Å². The van der Waals surface area contributed by atoms with Gasteiger partial charge in [-0.2, -0.15) is 0 Å². The molecule has 2 aromatic carbocycles. The number of hydrogen-bond acceptors (Lipinski definition) is 3. The highest BCUT2D eigenvalue weighted by molar-refractivity contribution is 7.80. The van der Waals surface area contributed by atoms with Gasteiger partial charge in [-0.15, -0.1) is 12.6 Å². The molecule has 0 unspecified atom stereocenters. The SMILES string of the molecule is O=C1c2ccccc2C(=O)N1c1cc(Cl)ccc1S. The molecule has 0 saturated heterocycles. The van der Waals surface area contributed by atoms with Gasteiger partial charge in [0.15, 0.2) is 0 Å². The quantitative estimate of drug-likeness (QED) is 0.645. The van der Waals surface area contributed by atoms with Crippen LogP contribution in [0.1, 0.15) is 20.7 Å². The third kappa shape index (κ3) is 1.84. The van der Waals surface area contributed by atoms with E-state index in [0.717, 1.165) is 4.90 Å². The fraction of sp³-hybridized carbons (Fsp3) is 0. The van der Waals surface area contributed by atoms with Gasteiger partial charge < -0.3 is 0 Å². The second kappa shape index (κ2) is 4.40. The van der Waals surface area contributed by atoms with Crippen molar-refractivity contribution in [3.8, 4) is 0 Å². The number of imide groups is 1. The second-order valence-electron chi connectivity index (χ2n) is 4.12. The van der Waals surface area contributed by atoms with Gasteiger partial charge in [-0.25, -0.2) is 4.90 Å². The van der Waals surface area contributed by atoms with Gasteiger partial charge >= 0.3 is 0 Å². The third-order valence-electron chi connectivity index (χ3n) is 2.97. The fourth-order valence-electron chi connectivity index (χ4n) is 2.08. The lowest BCUT2D eigenvalue weighted by Crippen LogP contribution is -2.29. The predicted molar refractivity (Wildman–Crippen MR) is 76.3 cm³/mol. The molecule has 1 heterocycles. The first-order valence-electron chi connectivity index (χ1n) is 5.56. The van der Waals surface area contributed by atoms with Gasteiger partial charge in [0, 0.05) is 9.92 Å². The number of benzene rings is 2. The number of carbonyl (C=O) groups is 2. The molecule has 0 aromatic heterocycles. The minimum Gasteiger partial charge on any atom is -0.268 e. The van der Waals surface area contributed by atoms with E-state index in [2.05, 4.69) is 12.6 Å². The Hall–Kier alpha value is -1.78. The first-order valence-corrected chi connectivity index (χ1v) is 6.38. The van der Waals surface area contributed by atoms with E-state index >= 15 is 0 Å². The number of nitrogens with zero attached hydrogens (tertiary/aromatic N) is 1. The van der Waals surface area contributed by atoms with Crippen LogP contribution < -0.4 is 4.90 Å². The molecular formula is C14H8ClNO2S. The van der Waals surface area contributed by atoms with Crippen molar-refractivity contribution in [2.24, 2.45) is 0 Å². The zero-order valence-corrected chi connectivity index (χ0v) is 11.3. The summed E-state index contributed by atoms with van der Waals surface area (Å²) in [5.41, 5.74) is 1.21. The van der Waals surface area contributed by atoms with Crippen LogP contribution in [0.3, 0.4) is 0 Å². The molecule has 5 heteroatoms. The molecule has 2 amide bonds. The summed E-state index contributed by atoms with van der Waals surface area (Å²) in [6.45, 7) is 0. The molecular weight excluding hydrogens is 282 g/mol. The van der Waals surface area contributed by atoms with Gasteiger partial charge in [-0.3, -0.25) is 9.59 Å². The minimum absolute atomic E-state index is 0.349. The summed E-state index contributed by atoms with van der Waals surface area (Å²) in [5.74, 6) is -0.698. The highest BCUT2D eigenvalue weighted by atomic mass is 35.5. The molecule has 3 rings (SSSR count). The Kier molecular flexibility index (Phi) is 2.84. The maximum Gasteiger partial charge on any atom is 0.266 e. The molecule has 0 bridgehead atoms. The number of fused-ring (bicyclic) bond motifs is 1. The summed E-state index contributed by atoms with van der Waals surface area (Å²) in [6.07, 6.45) is 0. The molecule has 3 nitrogen and oxygen atoms in total. The van der Waals surface area contributed by atoms with Crippen LogP contribution in [-0.4, -0.2) is 11.8 Å². The lowest BCUT2D eigenvalue weighted by molar-refractivity contribution is 0.0925. The molecule has 0 atom stereocenters. The number of carbonyl (C=O) groups excluding carboxylic acids is 2. The fourth-order valence-corrected chi connectivity index (χ4v) is 2.49. The summed E-state index contributed by atoms with van der Waals surface area (Å²) in [6, 6.07) is 11.6. The smallest absolute Gasteiger partial charge is 0.266 e. The molecule has 0 aliphatic carbocycles. The molecule has 0 N–H and O–H groups in total. The molecule has 2 aromatic rings. The first-order chi connectivity index (χ1) is 9.09. The van der Waals surface area contributed by atoms with Crippen molar-refractivity contribution in [3.63, 3.8) is 0 Å². The number of rotatable bonds is 1. The second-order valence-corrected chi connectivity index (χ2v) is 5.04. The van der Waals surface area contributed by atoms with Crippen LogP contribution in [0.25, 0.3) is 0 Å². The lowest BCUT2D eigenvalue weighted by atomic mass is 10.1. The van der Waals surface area contributed by atoms with E-state index in [4.69, 9.17) is 11.6 Å². The summed E-state index contributed by atoms with van der Waals surface area (Å²) in [5, 5.41) is 0.448. The standard InChI is InChI=1S/C14H8ClNO2S/c15-8-5-6-12(19)11(7-8)16-13(17)9-3-1-2-4-10(9)14(16)18/h1-7,19H. The maximum absolute atomic E-state index is 12.3. The van der Waals surface area contributed by atoms with Crippen LogP contribution in [0, 0.1) is 0 Å². The number of anilines is 1. The van der Waals surface area contributed by atoms with Crippen molar-refractivity contribution in [3.05, 3.63) is 58.6 Å². The van der Waals surface area contributed by atoms with Gasteiger partial charge in [-0.05, 0) is 30.3 Å².